The minimum absolute atomic E-state index is 0.107. The van der Waals surface area contributed by atoms with Crippen molar-refractivity contribution in [1.29, 1.82) is 0 Å². The topological polar surface area (TPSA) is 84.7 Å². The molecule has 0 saturated heterocycles. The van der Waals surface area contributed by atoms with Crippen LogP contribution in [0.4, 0.5) is 0 Å². The minimum Gasteiger partial charge on any atom is -0.364 e. The Morgan fingerprint density at radius 2 is 1.95 bits per heavy atom. The molecule has 2 aromatic heterocycles. The second-order valence-corrected chi connectivity index (χ2v) is 5.89. The number of nitrogens with two attached hydrogens (primary N) is 1. The molecule has 0 aliphatic rings. The van der Waals surface area contributed by atoms with Crippen molar-refractivity contribution < 1.29 is 4.79 Å². The van der Waals surface area contributed by atoms with Crippen LogP contribution in [-0.4, -0.2) is 20.9 Å². The lowest BCUT2D eigenvalue weighted by molar-refractivity contribution is 0.0997. The van der Waals surface area contributed by atoms with Gasteiger partial charge in [0, 0.05) is 6.20 Å². The zero-order valence-corrected chi connectivity index (χ0v) is 13.4. The van der Waals surface area contributed by atoms with E-state index >= 15 is 0 Å². The molecule has 0 fully saturated rings. The second-order valence-electron chi connectivity index (χ2n) is 4.22. The van der Waals surface area contributed by atoms with E-state index in [9.17, 15) is 4.79 Å². The van der Waals surface area contributed by atoms with Crippen LogP contribution in [0.15, 0.2) is 28.9 Å². The van der Waals surface area contributed by atoms with E-state index in [1.54, 1.807) is 18.2 Å². The Bertz CT molecular complexity index is 858. The Hall–Kier alpha value is -1.63. The number of primary amides is 1. The molecule has 0 bridgehead atoms. The summed E-state index contributed by atoms with van der Waals surface area (Å²) in [5.41, 5.74) is 6.95. The number of rotatable bonds is 2. The normalized spacial score (nSPS) is 11.0. The van der Waals surface area contributed by atoms with Crippen molar-refractivity contribution >= 4 is 56.1 Å². The molecule has 2 heterocycles. The highest BCUT2D eigenvalue weighted by Crippen LogP contribution is 2.35. The molecule has 1 amide bonds. The average Bonchev–Trinajstić information content (AvgIpc) is 2.84. The monoisotopic (exact) mass is 384 g/mol. The van der Waals surface area contributed by atoms with E-state index in [0.29, 0.717) is 36.9 Å². The Balaban J connectivity index is 2.34. The largest absolute Gasteiger partial charge is 0.364 e. The van der Waals surface area contributed by atoms with Gasteiger partial charge in [-0.1, -0.05) is 29.3 Å². The van der Waals surface area contributed by atoms with E-state index < -0.39 is 5.91 Å². The summed E-state index contributed by atoms with van der Waals surface area (Å²) in [6, 6.07) is 5.15. The maximum absolute atomic E-state index is 11.5. The summed E-state index contributed by atoms with van der Waals surface area (Å²) < 4.78 is 0.633. The van der Waals surface area contributed by atoms with Crippen LogP contribution in [0, 0.1) is 0 Å². The number of halogens is 3. The summed E-state index contributed by atoms with van der Waals surface area (Å²) in [4.78, 5) is 22.9. The van der Waals surface area contributed by atoms with E-state index in [4.69, 9.17) is 28.9 Å². The van der Waals surface area contributed by atoms with E-state index in [1.165, 1.54) is 6.20 Å². The van der Waals surface area contributed by atoms with Gasteiger partial charge in [-0.3, -0.25) is 4.79 Å². The van der Waals surface area contributed by atoms with E-state index in [-0.39, 0.29) is 5.69 Å². The molecule has 5 nitrogen and oxygen atoms in total. The zero-order valence-electron chi connectivity index (χ0n) is 10.3. The summed E-state index contributed by atoms with van der Waals surface area (Å²) in [5.74, 6) is -0.204. The highest BCUT2D eigenvalue weighted by atomic mass is 79.9. The van der Waals surface area contributed by atoms with Gasteiger partial charge in [0.1, 0.15) is 11.3 Å². The molecule has 8 heteroatoms. The Morgan fingerprint density at radius 1 is 1.29 bits per heavy atom. The minimum atomic E-state index is -0.645. The fourth-order valence-electron chi connectivity index (χ4n) is 1.99. The molecule has 0 atom stereocenters. The number of fused-ring (bicyclic) bond motifs is 1. The van der Waals surface area contributed by atoms with Crippen LogP contribution < -0.4 is 5.73 Å². The number of nitrogens with zero attached hydrogens (tertiary/aromatic N) is 2. The molecular formula is C13H7BrCl2N4O. The van der Waals surface area contributed by atoms with Crippen LogP contribution in [0.2, 0.25) is 10.0 Å². The Morgan fingerprint density at radius 3 is 2.57 bits per heavy atom. The second kappa shape index (κ2) is 5.29. The lowest BCUT2D eigenvalue weighted by Crippen LogP contribution is -2.13. The number of hydrogen-bond acceptors (Lipinski definition) is 3. The van der Waals surface area contributed by atoms with Crippen LogP contribution in [-0.2, 0) is 0 Å². The van der Waals surface area contributed by atoms with Crippen molar-refractivity contribution in [3.8, 4) is 11.4 Å². The number of nitrogens with one attached hydrogen (secondary N) is 1. The van der Waals surface area contributed by atoms with Crippen LogP contribution in [0.25, 0.3) is 22.4 Å². The summed E-state index contributed by atoms with van der Waals surface area (Å²) in [7, 11) is 0. The van der Waals surface area contributed by atoms with Gasteiger partial charge in [0.15, 0.2) is 5.69 Å². The van der Waals surface area contributed by atoms with Crippen LogP contribution in [0.3, 0.4) is 0 Å². The Labute approximate surface area is 137 Å². The molecule has 0 unspecified atom stereocenters. The number of amides is 1. The molecule has 0 spiro atoms. The van der Waals surface area contributed by atoms with E-state index in [0.717, 1.165) is 0 Å². The molecule has 3 N–H and O–H groups in total. The average molecular weight is 386 g/mol. The summed E-state index contributed by atoms with van der Waals surface area (Å²) >= 11 is 15.7. The smallest absolute Gasteiger partial charge is 0.269 e. The van der Waals surface area contributed by atoms with Gasteiger partial charge in [-0.2, -0.15) is 0 Å². The maximum Gasteiger partial charge on any atom is 0.269 e. The third-order valence-electron chi connectivity index (χ3n) is 2.91. The molecule has 0 aliphatic heterocycles. The van der Waals surface area contributed by atoms with Gasteiger partial charge in [0.2, 0.25) is 0 Å². The maximum atomic E-state index is 11.5. The first-order valence-corrected chi connectivity index (χ1v) is 7.32. The fourth-order valence-corrected chi connectivity index (χ4v) is 2.96. The fraction of sp³-hybridized carbons (Fsp3) is 0. The summed E-state index contributed by atoms with van der Waals surface area (Å²) in [5, 5.41) is 0.900. The van der Waals surface area contributed by atoms with Crippen LogP contribution >= 0.6 is 39.1 Å². The summed E-state index contributed by atoms with van der Waals surface area (Å²) in [6.45, 7) is 0. The number of carbonyl (C=O) groups is 1. The quantitative estimate of drug-likeness (QED) is 0.703. The zero-order chi connectivity index (χ0) is 15.1. The van der Waals surface area contributed by atoms with Crippen molar-refractivity contribution in [3.63, 3.8) is 0 Å². The number of aromatic nitrogens is 3. The molecule has 0 radical (unpaired) electrons. The highest BCUT2D eigenvalue weighted by molar-refractivity contribution is 9.10. The van der Waals surface area contributed by atoms with Crippen LogP contribution in [0.1, 0.15) is 10.5 Å². The molecule has 3 rings (SSSR count). The number of carbonyl (C=O) groups excluding carboxylic acids is 1. The first-order valence-electron chi connectivity index (χ1n) is 5.77. The number of hydrogen-bond donors (Lipinski definition) is 2. The van der Waals surface area contributed by atoms with E-state index in [1.807, 2.05) is 0 Å². The predicted octanol–water partition coefficient (Wildman–Crippen LogP) is 3.79. The molecule has 106 valence electrons. The van der Waals surface area contributed by atoms with Crippen molar-refractivity contribution in [2.24, 2.45) is 5.73 Å². The van der Waals surface area contributed by atoms with Gasteiger partial charge in [-0.15, -0.1) is 0 Å². The van der Waals surface area contributed by atoms with Gasteiger partial charge in [-0.25, -0.2) is 9.97 Å². The Kier molecular flexibility index (Phi) is 3.61. The van der Waals surface area contributed by atoms with Crippen LogP contribution in [0.5, 0.6) is 0 Å². The molecule has 0 aliphatic carbocycles. The third kappa shape index (κ3) is 2.39. The molecular weight excluding hydrogens is 379 g/mol. The predicted molar refractivity (Wildman–Crippen MR) is 85.6 cm³/mol. The van der Waals surface area contributed by atoms with Gasteiger partial charge in [0.25, 0.3) is 5.91 Å². The lowest BCUT2D eigenvalue weighted by Gasteiger charge is -2.02. The molecule has 1 aromatic carbocycles. The van der Waals surface area contributed by atoms with Crippen molar-refractivity contribution in [3.05, 3.63) is 44.6 Å². The molecule has 0 saturated carbocycles. The van der Waals surface area contributed by atoms with Crippen molar-refractivity contribution in [1.82, 2.24) is 15.0 Å². The van der Waals surface area contributed by atoms with Gasteiger partial charge < -0.3 is 10.7 Å². The lowest BCUT2D eigenvalue weighted by atomic mass is 10.2. The van der Waals surface area contributed by atoms with Gasteiger partial charge in [-0.05, 0) is 28.1 Å². The third-order valence-corrected chi connectivity index (χ3v) is 4.12. The van der Waals surface area contributed by atoms with Gasteiger partial charge >= 0.3 is 0 Å². The van der Waals surface area contributed by atoms with Crippen molar-refractivity contribution in [2.45, 2.75) is 0 Å². The summed E-state index contributed by atoms with van der Waals surface area (Å²) in [6.07, 6.45) is 1.47. The number of H-pyrrole nitrogens is 1. The first kappa shape index (κ1) is 14.3. The standard InChI is InChI=1S/C13H7BrCl2N4O/c14-5-4-18-11(12(17)21)10-9(5)19-13(20-10)8-6(15)2-1-3-7(8)16/h1-4H,(H2,17,21)(H,19,20). The van der Waals surface area contributed by atoms with E-state index in [2.05, 4.69) is 30.9 Å². The van der Waals surface area contributed by atoms with Crippen molar-refractivity contribution in [2.75, 3.05) is 0 Å². The molecule has 3 aromatic rings. The number of aromatic amines is 1. The number of pyridine rings is 1. The molecule has 21 heavy (non-hydrogen) atoms. The van der Waals surface area contributed by atoms with Gasteiger partial charge in [0.05, 0.1) is 25.6 Å². The number of benzene rings is 1. The SMILES string of the molecule is NC(=O)c1ncc(Br)c2nc(-c3c(Cl)cccc3Cl)[nH]c12. The first-order chi connectivity index (χ1) is 9.99. The highest BCUT2D eigenvalue weighted by Gasteiger charge is 2.18. The number of imidazole rings is 1.